The van der Waals surface area contributed by atoms with Gasteiger partial charge in [-0.2, -0.15) is 0 Å². The molecule has 1 aromatic carbocycles. The summed E-state index contributed by atoms with van der Waals surface area (Å²) in [4.78, 5) is 14.3. The molecule has 1 spiro atoms. The second-order valence-electron chi connectivity index (χ2n) is 6.94. The van der Waals surface area contributed by atoms with Crippen molar-refractivity contribution in [1.82, 2.24) is 10.2 Å². The molecule has 1 N–H and O–H groups in total. The van der Waals surface area contributed by atoms with Crippen LogP contribution in [-0.2, 0) is 17.7 Å². The molecular weight excluding hydrogens is 375 g/mol. The van der Waals surface area contributed by atoms with Crippen molar-refractivity contribution in [3.05, 3.63) is 45.8 Å². The molecule has 0 aliphatic carbocycles. The maximum atomic E-state index is 11.9. The smallest absolute Gasteiger partial charge is 0.336 e. The van der Waals surface area contributed by atoms with Crippen LogP contribution in [0.15, 0.2) is 33.5 Å². The van der Waals surface area contributed by atoms with Crippen LogP contribution in [0.4, 0.5) is 0 Å². The molecule has 0 amide bonds. The summed E-state index contributed by atoms with van der Waals surface area (Å²) in [6, 6.07) is 7.75. The molecule has 2 fully saturated rings. The lowest BCUT2D eigenvalue weighted by Gasteiger charge is -2.40. The van der Waals surface area contributed by atoms with Crippen molar-refractivity contribution >= 4 is 35.8 Å². The van der Waals surface area contributed by atoms with Crippen molar-refractivity contribution in [2.24, 2.45) is 0 Å². The minimum atomic E-state index is -0.271. The van der Waals surface area contributed by atoms with Crippen molar-refractivity contribution in [3.8, 4) is 0 Å². The minimum absolute atomic E-state index is 0. The first kappa shape index (κ1) is 21.2. The third-order valence-electron chi connectivity index (χ3n) is 5.23. The van der Waals surface area contributed by atoms with Gasteiger partial charge in [-0.3, -0.25) is 4.90 Å². The third kappa shape index (κ3) is 4.24. The Morgan fingerprint density at radius 3 is 2.85 bits per heavy atom. The van der Waals surface area contributed by atoms with Gasteiger partial charge in [-0.25, -0.2) is 4.79 Å². The average Bonchev–Trinajstić information content (AvgIpc) is 3.02. The Bertz CT molecular complexity index is 803. The lowest BCUT2D eigenvalue weighted by Crippen LogP contribution is -2.52. The zero-order valence-electron chi connectivity index (χ0n) is 15.0. The first-order valence-electron chi connectivity index (χ1n) is 8.80. The lowest BCUT2D eigenvalue weighted by atomic mass is 9.99. The van der Waals surface area contributed by atoms with Crippen LogP contribution >= 0.6 is 24.8 Å². The second kappa shape index (κ2) is 8.72. The van der Waals surface area contributed by atoms with Crippen molar-refractivity contribution in [1.29, 1.82) is 0 Å². The predicted octanol–water partition coefficient (Wildman–Crippen LogP) is 2.76. The van der Waals surface area contributed by atoms with Gasteiger partial charge >= 0.3 is 5.63 Å². The maximum Gasteiger partial charge on any atom is 0.336 e. The summed E-state index contributed by atoms with van der Waals surface area (Å²) in [6.45, 7) is 7.40. The van der Waals surface area contributed by atoms with E-state index in [-0.39, 0.29) is 36.0 Å². The van der Waals surface area contributed by atoms with Gasteiger partial charge in [-0.15, -0.1) is 24.8 Å². The highest BCUT2D eigenvalue weighted by molar-refractivity contribution is 5.85. The summed E-state index contributed by atoms with van der Waals surface area (Å²) in [5.74, 6) is 0. The zero-order valence-corrected chi connectivity index (χ0v) is 16.6. The fourth-order valence-electron chi connectivity index (χ4n) is 3.90. The van der Waals surface area contributed by atoms with E-state index in [2.05, 4.69) is 23.2 Å². The number of hydrogen-bond donors (Lipinski definition) is 1. The molecule has 2 aliphatic rings. The van der Waals surface area contributed by atoms with Crippen LogP contribution in [0.1, 0.15) is 24.5 Å². The fraction of sp³-hybridized carbons (Fsp3) is 0.526. The molecule has 2 saturated heterocycles. The second-order valence-corrected chi connectivity index (χ2v) is 6.94. The fourth-order valence-corrected chi connectivity index (χ4v) is 3.90. The molecule has 26 heavy (non-hydrogen) atoms. The number of hydrogen-bond acceptors (Lipinski definition) is 5. The molecular formula is C19H26Cl2N2O3. The lowest BCUT2D eigenvalue weighted by molar-refractivity contribution is -0.0983. The monoisotopic (exact) mass is 400 g/mol. The summed E-state index contributed by atoms with van der Waals surface area (Å²) in [5.41, 5.74) is 2.67. The number of nitrogens with one attached hydrogen (secondary N) is 1. The molecule has 144 valence electrons. The van der Waals surface area contributed by atoms with Gasteiger partial charge in [0.25, 0.3) is 0 Å². The number of rotatable bonds is 3. The van der Waals surface area contributed by atoms with Crippen LogP contribution in [0.5, 0.6) is 0 Å². The van der Waals surface area contributed by atoms with E-state index in [4.69, 9.17) is 9.15 Å². The molecule has 3 heterocycles. The van der Waals surface area contributed by atoms with Crippen LogP contribution in [0.25, 0.3) is 11.0 Å². The molecule has 7 heteroatoms. The summed E-state index contributed by atoms with van der Waals surface area (Å²) < 4.78 is 11.4. The first-order chi connectivity index (χ1) is 11.7. The molecule has 1 aromatic heterocycles. The summed E-state index contributed by atoms with van der Waals surface area (Å²) in [7, 11) is 0. The normalized spacial score (nSPS) is 23.0. The number of nitrogens with zero attached hydrogens (tertiary/aromatic N) is 1. The van der Waals surface area contributed by atoms with Gasteiger partial charge in [0, 0.05) is 37.6 Å². The van der Waals surface area contributed by atoms with Gasteiger partial charge in [0.05, 0.1) is 12.2 Å². The Hall–Kier alpha value is -1.11. The van der Waals surface area contributed by atoms with Gasteiger partial charge in [0.2, 0.25) is 0 Å². The van der Waals surface area contributed by atoms with Crippen LogP contribution in [0, 0.1) is 0 Å². The van der Waals surface area contributed by atoms with Crippen molar-refractivity contribution in [3.63, 3.8) is 0 Å². The van der Waals surface area contributed by atoms with E-state index in [0.29, 0.717) is 5.58 Å². The van der Waals surface area contributed by atoms with Crippen LogP contribution < -0.4 is 10.9 Å². The summed E-state index contributed by atoms with van der Waals surface area (Å²) in [6.07, 6.45) is 2.03. The number of ether oxygens (including phenoxy) is 1. The van der Waals surface area contributed by atoms with Crippen molar-refractivity contribution in [2.75, 3.05) is 32.8 Å². The molecule has 0 saturated carbocycles. The van der Waals surface area contributed by atoms with E-state index in [1.54, 1.807) is 6.07 Å². The zero-order chi connectivity index (χ0) is 16.6. The highest BCUT2D eigenvalue weighted by atomic mass is 35.5. The van der Waals surface area contributed by atoms with Crippen molar-refractivity contribution in [2.45, 2.75) is 31.9 Å². The highest BCUT2D eigenvalue weighted by Crippen LogP contribution is 2.27. The number of fused-ring (bicyclic) bond motifs is 1. The van der Waals surface area contributed by atoms with Gasteiger partial charge in [-0.05, 0) is 42.6 Å². The average molecular weight is 401 g/mol. The highest BCUT2D eigenvalue weighted by Gasteiger charge is 2.39. The summed E-state index contributed by atoms with van der Waals surface area (Å²) >= 11 is 0. The molecule has 4 rings (SSSR count). The Morgan fingerprint density at radius 2 is 2.12 bits per heavy atom. The van der Waals surface area contributed by atoms with Crippen LogP contribution in [-0.4, -0.2) is 43.3 Å². The molecule has 2 aromatic rings. The van der Waals surface area contributed by atoms with E-state index in [9.17, 15) is 4.79 Å². The standard InChI is InChI=1S/C19H24N2O3.2ClH/c1-2-14-3-4-17-16(9-14)15(10-18(22)24-17)11-21-7-8-23-19(13-21)5-6-20-12-19;;/h3-4,9-10,20H,2,5-8,11-13H2,1H3;2*1H. The molecule has 2 aliphatic heterocycles. The number of aryl methyl sites for hydroxylation is 1. The Kier molecular flexibility index (Phi) is 7.11. The molecule has 1 unspecified atom stereocenters. The van der Waals surface area contributed by atoms with E-state index in [1.165, 1.54) is 5.56 Å². The Balaban J connectivity index is 0.00000121. The predicted molar refractivity (Wildman–Crippen MR) is 108 cm³/mol. The van der Waals surface area contributed by atoms with Gasteiger partial charge in [0.15, 0.2) is 0 Å². The molecule has 0 radical (unpaired) electrons. The van der Waals surface area contributed by atoms with Crippen LogP contribution in [0.3, 0.4) is 0 Å². The number of halogens is 2. The number of benzene rings is 1. The number of morpholine rings is 1. The third-order valence-corrected chi connectivity index (χ3v) is 5.23. The van der Waals surface area contributed by atoms with Crippen LogP contribution in [0.2, 0.25) is 0 Å². The van der Waals surface area contributed by atoms with Gasteiger partial charge in [-0.1, -0.05) is 13.0 Å². The largest absolute Gasteiger partial charge is 0.423 e. The van der Waals surface area contributed by atoms with Gasteiger partial charge < -0.3 is 14.5 Å². The van der Waals surface area contributed by atoms with Crippen molar-refractivity contribution < 1.29 is 9.15 Å². The van der Waals surface area contributed by atoms with E-state index >= 15 is 0 Å². The Labute approximate surface area is 165 Å². The van der Waals surface area contributed by atoms with E-state index < -0.39 is 0 Å². The minimum Gasteiger partial charge on any atom is -0.423 e. The van der Waals surface area contributed by atoms with E-state index in [0.717, 1.165) is 63.1 Å². The maximum absolute atomic E-state index is 11.9. The SMILES string of the molecule is CCc1ccc2oc(=O)cc(CN3CCOC4(CCNC4)C3)c2c1.Cl.Cl. The molecule has 5 nitrogen and oxygen atoms in total. The first-order valence-corrected chi connectivity index (χ1v) is 8.80. The molecule has 1 atom stereocenters. The quantitative estimate of drug-likeness (QED) is 0.802. The molecule has 0 bridgehead atoms. The van der Waals surface area contributed by atoms with Gasteiger partial charge in [0.1, 0.15) is 5.58 Å². The van der Waals surface area contributed by atoms with E-state index in [1.807, 2.05) is 12.1 Å². The summed E-state index contributed by atoms with van der Waals surface area (Å²) in [5, 5.41) is 4.46. The topological polar surface area (TPSA) is 54.7 Å². The Morgan fingerprint density at radius 1 is 1.27 bits per heavy atom.